The molecule has 2 N–H and O–H groups in total. The first-order valence-corrected chi connectivity index (χ1v) is 7.15. The Hall–Kier alpha value is -2.60. The van der Waals surface area contributed by atoms with Crippen molar-refractivity contribution in [2.75, 3.05) is 0 Å². The summed E-state index contributed by atoms with van der Waals surface area (Å²) < 4.78 is 3.00. The average Bonchev–Trinajstić information content (AvgIpc) is 2.82. The summed E-state index contributed by atoms with van der Waals surface area (Å²) in [4.78, 5) is 12.7. The number of aromatic hydroxyl groups is 1. The lowest BCUT2D eigenvalue weighted by molar-refractivity contribution is 0.0950. The maximum Gasteiger partial charge on any atom is 0.275 e. The molecule has 3 aromatic rings. The number of hydrogen-bond donors (Lipinski definition) is 2. The van der Waals surface area contributed by atoms with E-state index in [-0.39, 0.29) is 11.3 Å². The second-order valence-corrected chi connectivity index (χ2v) is 5.49. The molecule has 0 saturated carbocycles. The maximum absolute atomic E-state index is 12.0. The minimum Gasteiger partial charge on any atom is -0.507 e. The largest absolute Gasteiger partial charge is 0.507 e. The molecule has 1 heterocycles. The predicted molar refractivity (Wildman–Crippen MR) is 81.9 cm³/mol. The number of fused-ring (bicyclic) bond motifs is 1. The van der Waals surface area contributed by atoms with Gasteiger partial charge in [0.05, 0.1) is 15.8 Å². The van der Waals surface area contributed by atoms with Gasteiger partial charge in [-0.3, -0.25) is 4.79 Å². The molecule has 0 radical (unpaired) electrons. The number of carbonyl (C=O) groups excluding carboxylic acids is 1. The van der Waals surface area contributed by atoms with Gasteiger partial charge in [-0.25, -0.2) is 5.43 Å². The van der Waals surface area contributed by atoms with Crippen LogP contribution < -0.4 is 10.2 Å². The van der Waals surface area contributed by atoms with Gasteiger partial charge < -0.3 is 9.67 Å². The van der Waals surface area contributed by atoms with E-state index in [1.54, 1.807) is 18.2 Å². The minimum atomic E-state index is -0.439. The Kier molecular flexibility index (Phi) is 3.45. The molecular weight excluding hydrogens is 286 g/mol. The Morgan fingerprint density at radius 1 is 1.19 bits per heavy atom. The third-order valence-corrected chi connectivity index (χ3v) is 4.23. The van der Waals surface area contributed by atoms with Gasteiger partial charge in [0, 0.05) is 7.05 Å². The first kappa shape index (κ1) is 13.4. The molecule has 0 aliphatic rings. The molecule has 5 nitrogen and oxygen atoms in total. The topological polar surface area (TPSA) is 66.6 Å². The third kappa shape index (κ3) is 2.53. The molecule has 21 heavy (non-hydrogen) atoms. The SMILES string of the molecule is Cn1c(=NNC(=O)c2ccccc2O)sc2ccccc21. The zero-order valence-electron chi connectivity index (χ0n) is 11.3. The predicted octanol–water partition coefficient (Wildman–Crippen LogP) is 2.19. The van der Waals surface area contributed by atoms with Gasteiger partial charge in [-0.2, -0.15) is 0 Å². The number of phenols is 1. The monoisotopic (exact) mass is 299 g/mol. The van der Waals surface area contributed by atoms with Crippen molar-refractivity contribution in [2.24, 2.45) is 12.1 Å². The molecule has 0 spiro atoms. The van der Waals surface area contributed by atoms with Crippen molar-refractivity contribution >= 4 is 27.5 Å². The van der Waals surface area contributed by atoms with Crippen molar-refractivity contribution < 1.29 is 9.90 Å². The van der Waals surface area contributed by atoms with E-state index in [2.05, 4.69) is 10.5 Å². The van der Waals surface area contributed by atoms with Crippen molar-refractivity contribution in [1.82, 2.24) is 9.99 Å². The molecule has 0 saturated heterocycles. The summed E-state index contributed by atoms with van der Waals surface area (Å²) in [5.74, 6) is -0.503. The normalized spacial score (nSPS) is 11.8. The van der Waals surface area contributed by atoms with Gasteiger partial charge >= 0.3 is 0 Å². The first-order valence-electron chi connectivity index (χ1n) is 6.33. The Balaban J connectivity index is 1.93. The number of nitrogens with one attached hydrogen (secondary N) is 1. The molecule has 1 aromatic heterocycles. The summed E-state index contributed by atoms with van der Waals surface area (Å²) in [6.45, 7) is 0. The molecule has 2 aromatic carbocycles. The van der Waals surface area contributed by atoms with Crippen LogP contribution in [-0.2, 0) is 7.05 Å². The summed E-state index contributed by atoms with van der Waals surface area (Å²) in [5, 5.41) is 13.8. The number of benzene rings is 2. The van der Waals surface area contributed by atoms with E-state index in [4.69, 9.17) is 0 Å². The number of amides is 1. The number of thiazole rings is 1. The Bertz CT molecular complexity index is 880. The number of aromatic nitrogens is 1. The fourth-order valence-corrected chi connectivity index (χ4v) is 2.99. The van der Waals surface area contributed by atoms with Crippen LogP contribution in [0.4, 0.5) is 0 Å². The van der Waals surface area contributed by atoms with Crippen molar-refractivity contribution in [3.63, 3.8) is 0 Å². The molecule has 3 rings (SSSR count). The van der Waals surface area contributed by atoms with Crippen molar-refractivity contribution in [3.8, 4) is 5.75 Å². The molecule has 1 amide bonds. The van der Waals surface area contributed by atoms with Gasteiger partial charge in [-0.05, 0) is 24.3 Å². The lowest BCUT2D eigenvalue weighted by Crippen LogP contribution is -2.23. The zero-order chi connectivity index (χ0) is 14.8. The minimum absolute atomic E-state index is 0.0640. The fraction of sp³-hybridized carbons (Fsp3) is 0.0667. The van der Waals surface area contributed by atoms with Crippen LogP contribution in [0.2, 0.25) is 0 Å². The lowest BCUT2D eigenvalue weighted by atomic mass is 10.2. The van der Waals surface area contributed by atoms with Crippen LogP contribution in [0.3, 0.4) is 0 Å². The summed E-state index contributed by atoms with van der Waals surface area (Å²) in [5.41, 5.74) is 3.73. The van der Waals surface area contributed by atoms with Gasteiger partial charge in [-0.1, -0.05) is 35.6 Å². The Morgan fingerprint density at radius 3 is 2.67 bits per heavy atom. The molecular formula is C15H13N3O2S. The number of phenolic OH excluding ortho intramolecular Hbond substituents is 1. The van der Waals surface area contributed by atoms with Crippen LogP contribution in [0, 0.1) is 0 Å². The van der Waals surface area contributed by atoms with E-state index in [0.29, 0.717) is 4.80 Å². The highest BCUT2D eigenvalue weighted by molar-refractivity contribution is 7.16. The van der Waals surface area contributed by atoms with Gasteiger partial charge in [0.15, 0.2) is 0 Å². The van der Waals surface area contributed by atoms with E-state index in [1.165, 1.54) is 17.4 Å². The highest BCUT2D eigenvalue weighted by Crippen LogP contribution is 2.16. The van der Waals surface area contributed by atoms with Crippen molar-refractivity contribution in [2.45, 2.75) is 0 Å². The van der Waals surface area contributed by atoms with Crippen molar-refractivity contribution in [1.29, 1.82) is 0 Å². The van der Waals surface area contributed by atoms with Gasteiger partial charge in [0.1, 0.15) is 5.75 Å². The van der Waals surface area contributed by atoms with Crippen molar-refractivity contribution in [3.05, 3.63) is 58.9 Å². The van der Waals surface area contributed by atoms with Gasteiger partial charge in [-0.15, -0.1) is 5.10 Å². The van der Waals surface area contributed by atoms with Crippen LogP contribution >= 0.6 is 11.3 Å². The van der Waals surface area contributed by atoms with Gasteiger partial charge in [0.25, 0.3) is 5.91 Å². The highest BCUT2D eigenvalue weighted by atomic mass is 32.1. The summed E-state index contributed by atoms with van der Waals surface area (Å²) >= 11 is 1.48. The molecule has 0 aliphatic carbocycles. The van der Waals surface area contributed by atoms with Crippen LogP contribution in [-0.4, -0.2) is 15.6 Å². The number of rotatable bonds is 2. The molecule has 106 valence electrons. The standard InChI is InChI=1S/C15H13N3O2S/c1-18-11-7-3-5-9-13(11)21-15(18)17-16-14(20)10-6-2-4-8-12(10)19/h2-9,19H,1H3,(H,16,20). The molecule has 0 bridgehead atoms. The summed E-state index contributed by atoms with van der Waals surface area (Å²) in [7, 11) is 1.89. The van der Waals surface area contributed by atoms with E-state index in [0.717, 1.165) is 10.2 Å². The number of carbonyl (C=O) groups is 1. The molecule has 0 unspecified atom stereocenters. The second kappa shape index (κ2) is 5.41. The molecule has 0 atom stereocenters. The molecule has 0 aliphatic heterocycles. The van der Waals surface area contributed by atoms with E-state index in [1.807, 2.05) is 35.9 Å². The first-order chi connectivity index (χ1) is 10.2. The number of hydrogen-bond acceptors (Lipinski definition) is 4. The highest BCUT2D eigenvalue weighted by Gasteiger charge is 2.09. The van der Waals surface area contributed by atoms with Crippen LogP contribution in [0.15, 0.2) is 53.6 Å². The summed E-state index contributed by atoms with van der Waals surface area (Å²) in [6, 6.07) is 14.3. The lowest BCUT2D eigenvalue weighted by Gasteiger charge is -2.01. The molecule has 0 fully saturated rings. The average molecular weight is 299 g/mol. The van der Waals surface area contributed by atoms with Crippen LogP contribution in [0.5, 0.6) is 5.75 Å². The smallest absolute Gasteiger partial charge is 0.275 e. The van der Waals surface area contributed by atoms with Crippen LogP contribution in [0.1, 0.15) is 10.4 Å². The fourth-order valence-electron chi connectivity index (χ4n) is 2.01. The Morgan fingerprint density at radius 2 is 1.90 bits per heavy atom. The third-order valence-electron chi connectivity index (χ3n) is 3.12. The number of para-hydroxylation sites is 2. The van der Waals surface area contributed by atoms with Crippen LogP contribution in [0.25, 0.3) is 10.2 Å². The van der Waals surface area contributed by atoms with E-state index >= 15 is 0 Å². The van der Waals surface area contributed by atoms with E-state index < -0.39 is 5.91 Å². The Labute approximate surface area is 124 Å². The maximum atomic E-state index is 12.0. The number of aryl methyl sites for hydroxylation is 1. The zero-order valence-corrected chi connectivity index (χ0v) is 12.1. The quantitative estimate of drug-likeness (QED) is 0.712. The van der Waals surface area contributed by atoms with Gasteiger partial charge in [0.2, 0.25) is 4.80 Å². The van der Waals surface area contributed by atoms with E-state index in [9.17, 15) is 9.90 Å². The summed E-state index contributed by atoms with van der Waals surface area (Å²) in [6.07, 6.45) is 0. The molecule has 6 heteroatoms. The second-order valence-electron chi connectivity index (χ2n) is 4.48. The number of nitrogens with zero attached hydrogens (tertiary/aromatic N) is 2.